The number of ether oxygens (including phenoxy) is 1. The second kappa shape index (κ2) is 6.18. The van der Waals surface area contributed by atoms with Crippen molar-refractivity contribution in [1.82, 2.24) is 4.98 Å². The van der Waals surface area contributed by atoms with Crippen molar-refractivity contribution < 1.29 is 9.53 Å². The van der Waals surface area contributed by atoms with Crippen molar-refractivity contribution in [2.24, 2.45) is 0 Å². The van der Waals surface area contributed by atoms with Crippen LogP contribution in [0.1, 0.15) is 42.6 Å². The standard InChI is InChI=1S/C16H16BrNO2/c1-10(2)14-9-12(17)6-7-15(14)20-16-13(11(3)19)5-4-8-18-16/h4-10H,1-3H3. The quantitative estimate of drug-likeness (QED) is 0.742. The Morgan fingerprint density at radius 2 is 2.05 bits per heavy atom. The van der Waals surface area contributed by atoms with Crippen LogP contribution >= 0.6 is 15.9 Å². The highest BCUT2D eigenvalue weighted by molar-refractivity contribution is 9.10. The van der Waals surface area contributed by atoms with Crippen molar-refractivity contribution in [2.75, 3.05) is 0 Å². The highest BCUT2D eigenvalue weighted by atomic mass is 79.9. The Hall–Kier alpha value is -1.68. The summed E-state index contributed by atoms with van der Waals surface area (Å²) in [5.74, 6) is 1.33. The summed E-state index contributed by atoms with van der Waals surface area (Å²) in [4.78, 5) is 15.8. The minimum absolute atomic E-state index is 0.0590. The van der Waals surface area contributed by atoms with E-state index in [1.165, 1.54) is 6.92 Å². The fraction of sp³-hybridized carbons (Fsp3) is 0.250. The summed E-state index contributed by atoms with van der Waals surface area (Å²) in [6, 6.07) is 9.28. The molecule has 1 heterocycles. The molecule has 0 fully saturated rings. The van der Waals surface area contributed by atoms with Gasteiger partial charge in [-0.05, 0) is 48.7 Å². The summed E-state index contributed by atoms with van der Waals surface area (Å²) < 4.78 is 6.87. The number of hydrogen-bond donors (Lipinski definition) is 0. The third-order valence-electron chi connectivity index (χ3n) is 2.95. The minimum atomic E-state index is -0.0590. The fourth-order valence-corrected chi connectivity index (χ4v) is 2.29. The van der Waals surface area contributed by atoms with Crippen LogP contribution in [0.2, 0.25) is 0 Å². The zero-order valence-electron chi connectivity index (χ0n) is 11.7. The van der Waals surface area contributed by atoms with E-state index in [-0.39, 0.29) is 5.78 Å². The van der Waals surface area contributed by atoms with Crippen LogP contribution in [-0.2, 0) is 0 Å². The first-order valence-electron chi connectivity index (χ1n) is 6.42. The Morgan fingerprint density at radius 1 is 1.30 bits per heavy atom. The lowest BCUT2D eigenvalue weighted by Gasteiger charge is -2.14. The van der Waals surface area contributed by atoms with Crippen molar-refractivity contribution in [2.45, 2.75) is 26.7 Å². The van der Waals surface area contributed by atoms with Gasteiger partial charge in [0.2, 0.25) is 5.88 Å². The maximum atomic E-state index is 11.6. The molecule has 0 amide bonds. The van der Waals surface area contributed by atoms with Crippen molar-refractivity contribution in [3.05, 3.63) is 52.1 Å². The summed E-state index contributed by atoms with van der Waals surface area (Å²) in [7, 11) is 0. The summed E-state index contributed by atoms with van der Waals surface area (Å²) in [5.41, 5.74) is 1.56. The van der Waals surface area contributed by atoms with E-state index in [2.05, 4.69) is 34.8 Å². The molecule has 0 aliphatic rings. The van der Waals surface area contributed by atoms with Crippen LogP contribution in [0.25, 0.3) is 0 Å². The number of rotatable bonds is 4. The van der Waals surface area contributed by atoms with Crippen LogP contribution in [0.15, 0.2) is 41.0 Å². The number of nitrogens with zero attached hydrogens (tertiary/aromatic N) is 1. The lowest BCUT2D eigenvalue weighted by molar-refractivity contribution is 0.101. The van der Waals surface area contributed by atoms with Gasteiger partial charge in [-0.3, -0.25) is 4.79 Å². The molecule has 0 unspecified atom stereocenters. The molecule has 0 saturated carbocycles. The number of carbonyl (C=O) groups excluding carboxylic acids is 1. The van der Waals surface area contributed by atoms with Gasteiger partial charge in [0.25, 0.3) is 0 Å². The second-order valence-electron chi connectivity index (χ2n) is 4.85. The molecule has 20 heavy (non-hydrogen) atoms. The largest absolute Gasteiger partial charge is 0.438 e. The van der Waals surface area contributed by atoms with Crippen molar-refractivity contribution in [3.63, 3.8) is 0 Å². The Labute approximate surface area is 127 Å². The molecule has 1 aromatic heterocycles. The Balaban J connectivity index is 2.43. The number of pyridine rings is 1. The van der Waals surface area contributed by atoms with Crippen LogP contribution in [-0.4, -0.2) is 10.8 Å². The lowest BCUT2D eigenvalue weighted by atomic mass is 10.0. The van der Waals surface area contributed by atoms with Gasteiger partial charge in [-0.1, -0.05) is 29.8 Å². The highest BCUT2D eigenvalue weighted by Gasteiger charge is 2.14. The van der Waals surface area contributed by atoms with Gasteiger partial charge in [0.15, 0.2) is 5.78 Å². The molecular weight excluding hydrogens is 318 g/mol. The van der Waals surface area contributed by atoms with E-state index in [0.717, 1.165) is 15.8 Å². The first kappa shape index (κ1) is 14.7. The number of halogens is 1. The maximum Gasteiger partial charge on any atom is 0.230 e. The molecule has 2 aromatic rings. The fourth-order valence-electron chi connectivity index (χ4n) is 1.91. The van der Waals surface area contributed by atoms with Crippen molar-refractivity contribution in [1.29, 1.82) is 0 Å². The van der Waals surface area contributed by atoms with Crippen LogP contribution < -0.4 is 4.74 Å². The number of ketones is 1. The van der Waals surface area contributed by atoms with E-state index in [9.17, 15) is 4.79 Å². The van der Waals surface area contributed by atoms with Gasteiger partial charge >= 0.3 is 0 Å². The van der Waals surface area contributed by atoms with Crippen molar-refractivity contribution in [3.8, 4) is 11.6 Å². The van der Waals surface area contributed by atoms with Gasteiger partial charge in [0.05, 0.1) is 5.56 Å². The topological polar surface area (TPSA) is 39.2 Å². The van der Waals surface area contributed by atoms with Crippen molar-refractivity contribution >= 4 is 21.7 Å². The Bertz CT molecular complexity index is 638. The molecule has 0 atom stereocenters. The average molecular weight is 334 g/mol. The molecule has 3 nitrogen and oxygen atoms in total. The summed E-state index contributed by atoms with van der Waals surface area (Å²) in [6.45, 7) is 5.70. The van der Waals surface area contributed by atoms with Crippen LogP contribution in [0, 0.1) is 0 Å². The normalized spacial score (nSPS) is 10.7. The zero-order valence-corrected chi connectivity index (χ0v) is 13.3. The molecule has 0 radical (unpaired) electrons. The number of benzene rings is 1. The highest BCUT2D eigenvalue weighted by Crippen LogP contribution is 2.33. The van der Waals surface area contributed by atoms with E-state index < -0.39 is 0 Å². The first-order valence-corrected chi connectivity index (χ1v) is 7.21. The van der Waals surface area contributed by atoms with E-state index >= 15 is 0 Å². The van der Waals surface area contributed by atoms with Gasteiger partial charge in [-0.25, -0.2) is 4.98 Å². The molecule has 104 valence electrons. The monoisotopic (exact) mass is 333 g/mol. The molecule has 0 aliphatic carbocycles. The van der Waals surface area contributed by atoms with Gasteiger partial charge in [0, 0.05) is 10.7 Å². The zero-order chi connectivity index (χ0) is 14.7. The number of carbonyl (C=O) groups is 1. The molecule has 0 spiro atoms. The predicted octanol–water partition coefficient (Wildman–Crippen LogP) is 4.96. The van der Waals surface area contributed by atoms with Crippen LogP contribution in [0.4, 0.5) is 0 Å². The van der Waals surface area contributed by atoms with Crippen LogP contribution in [0.3, 0.4) is 0 Å². The van der Waals surface area contributed by atoms with E-state index in [4.69, 9.17) is 4.74 Å². The molecule has 0 bridgehead atoms. The molecule has 2 rings (SSSR count). The smallest absolute Gasteiger partial charge is 0.230 e. The van der Waals surface area contributed by atoms with Gasteiger partial charge in [0.1, 0.15) is 5.75 Å². The SMILES string of the molecule is CC(=O)c1cccnc1Oc1ccc(Br)cc1C(C)C. The lowest BCUT2D eigenvalue weighted by Crippen LogP contribution is -2.01. The molecule has 0 saturated heterocycles. The molecule has 4 heteroatoms. The van der Waals surface area contributed by atoms with Gasteiger partial charge in [-0.2, -0.15) is 0 Å². The van der Waals surface area contributed by atoms with Gasteiger partial charge in [-0.15, -0.1) is 0 Å². The van der Waals surface area contributed by atoms with Gasteiger partial charge < -0.3 is 4.74 Å². The Morgan fingerprint density at radius 3 is 2.70 bits per heavy atom. The van der Waals surface area contributed by atoms with Crippen LogP contribution in [0.5, 0.6) is 11.6 Å². The summed E-state index contributed by atoms with van der Waals surface area (Å²) in [6.07, 6.45) is 1.62. The number of hydrogen-bond acceptors (Lipinski definition) is 3. The number of Topliss-reactive ketones (excluding diaryl/α,β-unsaturated/α-hetero) is 1. The molecule has 0 N–H and O–H groups in total. The Kier molecular flexibility index (Phi) is 4.55. The van der Waals surface area contributed by atoms with E-state index in [1.54, 1.807) is 18.3 Å². The van der Waals surface area contributed by atoms with E-state index in [0.29, 0.717) is 17.4 Å². The minimum Gasteiger partial charge on any atom is -0.438 e. The first-order chi connectivity index (χ1) is 9.49. The predicted molar refractivity (Wildman–Crippen MR) is 82.5 cm³/mol. The summed E-state index contributed by atoms with van der Waals surface area (Å²) >= 11 is 3.46. The molecular formula is C16H16BrNO2. The third-order valence-corrected chi connectivity index (χ3v) is 3.44. The maximum absolute atomic E-state index is 11.6. The third kappa shape index (κ3) is 3.25. The number of aromatic nitrogens is 1. The molecule has 1 aromatic carbocycles. The van der Waals surface area contributed by atoms with E-state index in [1.807, 2.05) is 18.2 Å². The summed E-state index contributed by atoms with van der Waals surface area (Å²) in [5, 5.41) is 0. The second-order valence-corrected chi connectivity index (χ2v) is 5.77. The average Bonchev–Trinajstić information content (AvgIpc) is 2.41. The molecule has 0 aliphatic heterocycles.